The van der Waals surface area contributed by atoms with Crippen LogP contribution in [0.3, 0.4) is 0 Å². The van der Waals surface area contributed by atoms with Gasteiger partial charge in [0.25, 0.3) is 5.91 Å². The number of anilines is 2. The Hall–Kier alpha value is -2.87. The number of carbonyl (C=O) groups is 2. The summed E-state index contributed by atoms with van der Waals surface area (Å²) in [6, 6.07) is 10.9. The number of likely N-dealkylation sites (tertiary alicyclic amines) is 1. The van der Waals surface area contributed by atoms with Crippen molar-refractivity contribution in [1.29, 1.82) is 0 Å². The second-order valence-corrected chi connectivity index (χ2v) is 10.5. The molecule has 0 aliphatic carbocycles. The minimum absolute atomic E-state index is 0.00997. The summed E-state index contributed by atoms with van der Waals surface area (Å²) in [5.74, 6) is -0.483. The van der Waals surface area contributed by atoms with E-state index in [2.05, 4.69) is 10.0 Å². The molecular formula is C24H31N3O4S. The molecule has 2 aromatic carbocycles. The number of aryl methyl sites for hydroxylation is 3. The highest BCUT2D eigenvalue weighted by atomic mass is 32.2. The van der Waals surface area contributed by atoms with Crippen LogP contribution in [0.5, 0.6) is 0 Å². The Morgan fingerprint density at radius 1 is 1.06 bits per heavy atom. The summed E-state index contributed by atoms with van der Waals surface area (Å²) < 4.78 is 26.1. The number of carbonyl (C=O) groups excluding carboxylic acids is 2. The maximum absolute atomic E-state index is 13.0. The first-order valence-electron chi connectivity index (χ1n) is 10.9. The van der Waals surface area contributed by atoms with Crippen molar-refractivity contribution >= 4 is 33.2 Å². The Kier molecular flexibility index (Phi) is 7.23. The smallest absolute Gasteiger partial charge is 0.253 e. The van der Waals surface area contributed by atoms with E-state index in [1.54, 1.807) is 36.9 Å². The molecular weight excluding hydrogens is 426 g/mol. The Bertz CT molecular complexity index is 1110. The van der Waals surface area contributed by atoms with E-state index in [1.807, 2.05) is 32.0 Å². The fourth-order valence-electron chi connectivity index (χ4n) is 4.00. The summed E-state index contributed by atoms with van der Waals surface area (Å²) in [6.07, 6.45) is 1.49. The fraction of sp³-hybridized carbons (Fsp3) is 0.417. The summed E-state index contributed by atoms with van der Waals surface area (Å²) in [4.78, 5) is 27.6. The van der Waals surface area contributed by atoms with Crippen LogP contribution >= 0.6 is 0 Å². The van der Waals surface area contributed by atoms with Gasteiger partial charge in [-0.1, -0.05) is 17.2 Å². The van der Waals surface area contributed by atoms with E-state index in [1.165, 1.54) is 0 Å². The van der Waals surface area contributed by atoms with E-state index in [9.17, 15) is 18.0 Å². The van der Waals surface area contributed by atoms with Gasteiger partial charge in [-0.3, -0.25) is 14.3 Å². The first kappa shape index (κ1) is 23.8. The molecule has 1 unspecified atom stereocenters. The Morgan fingerprint density at radius 2 is 1.75 bits per heavy atom. The zero-order valence-corrected chi connectivity index (χ0v) is 19.9. The highest BCUT2D eigenvalue weighted by Gasteiger charge is 2.29. The minimum atomic E-state index is -3.37. The van der Waals surface area contributed by atoms with E-state index >= 15 is 0 Å². The molecule has 0 aromatic heterocycles. The molecule has 1 atom stereocenters. The molecule has 2 aromatic rings. The molecule has 1 saturated heterocycles. The summed E-state index contributed by atoms with van der Waals surface area (Å²) >= 11 is 0. The minimum Gasteiger partial charge on any atom is -0.338 e. The molecule has 3 rings (SSSR count). The lowest BCUT2D eigenvalue weighted by Gasteiger charge is -2.32. The number of amides is 2. The SMILES string of the molecule is CCS(=O)(=O)Nc1ccc(NC(=O)C2CCCN(C(=O)c3cc(C)cc(C)c3)C2)cc1C. The van der Waals surface area contributed by atoms with Crippen molar-refractivity contribution < 1.29 is 18.0 Å². The van der Waals surface area contributed by atoms with Crippen molar-refractivity contribution in [2.45, 2.75) is 40.5 Å². The van der Waals surface area contributed by atoms with Crippen LogP contribution in [0.2, 0.25) is 0 Å². The van der Waals surface area contributed by atoms with Gasteiger partial charge in [-0.15, -0.1) is 0 Å². The summed E-state index contributed by atoms with van der Waals surface area (Å²) in [5, 5.41) is 2.92. The predicted octanol–water partition coefficient (Wildman–Crippen LogP) is 3.86. The standard InChI is InChI=1S/C24H31N3O4S/c1-5-32(30,31)26-22-9-8-21(14-18(22)4)25-23(28)19-7-6-10-27(15-19)24(29)20-12-16(2)11-17(3)13-20/h8-9,11-14,19,26H,5-7,10,15H2,1-4H3,(H,25,28). The first-order chi connectivity index (χ1) is 15.1. The van der Waals surface area contributed by atoms with Crippen molar-refractivity contribution in [2.24, 2.45) is 5.92 Å². The second kappa shape index (κ2) is 9.73. The third-order valence-electron chi connectivity index (χ3n) is 5.69. The molecule has 2 amide bonds. The van der Waals surface area contributed by atoms with Gasteiger partial charge in [0.15, 0.2) is 0 Å². The van der Waals surface area contributed by atoms with Crippen molar-refractivity contribution in [1.82, 2.24) is 4.90 Å². The molecule has 172 valence electrons. The van der Waals surface area contributed by atoms with E-state index in [4.69, 9.17) is 0 Å². The topological polar surface area (TPSA) is 95.6 Å². The van der Waals surface area contributed by atoms with Gasteiger partial charge in [-0.25, -0.2) is 8.42 Å². The van der Waals surface area contributed by atoms with Gasteiger partial charge in [-0.2, -0.15) is 0 Å². The van der Waals surface area contributed by atoms with Crippen LogP contribution in [0.25, 0.3) is 0 Å². The Morgan fingerprint density at radius 3 is 2.38 bits per heavy atom. The van der Waals surface area contributed by atoms with Crippen LogP contribution in [0.1, 0.15) is 46.8 Å². The highest BCUT2D eigenvalue weighted by Crippen LogP contribution is 2.24. The summed E-state index contributed by atoms with van der Waals surface area (Å²) in [5.41, 5.74) is 4.55. The molecule has 0 saturated carbocycles. The van der Waals surface area contributed by atoms with Crippen LogP contribution in [0, 0.1) is 26.7 Å². The van der Waals surface area contributed by atoms with E-state index in [0.717, 1.165) is 29.5 Å². The van der Waals surface area contributed by atoms with E-state index in [-0.39, 0.29) is 23.5 Å². The maximum atomic E-state index is 13.0. The van der Waals surface area contributed by atoms with Gasteiger partial charge in [0.2, 0.25) is 15.9 Å². The molecule has 32 heavy (non-hydrogen) atoms. The number of sulfonamides is 1. The average Bonchev–Trinajstić information content (AvgIpc) is 2.74. The summed E-state index contributed by atoms with van der Waals surface area (Å²) in [7, 11) is -3.37. The molecule has 8 heteroatoms. The van der Waals surface area contributed by atoms with E-state index < -0.39 is 10.0 Å². The van der Waals surface area contributed by atoms with Crippen LogP contribution < -0.4 is 10.0 Å². The lowest BCUT2D eigenvalue weighted by atomic mass is 9.96. The second-order valence-electron chi connectivity index (χ2n) is 8.49. The molecule has 0 radical (unpaired) electrons. The quantitative estimate of drug-likeness (QED) is 0.688. The fourth-order valence-corrected chi connectivity index (χ4v) is 4.70. The number of hydrogen-bond donors (Lipinski definition) is 2. The Labute approximate surface area is 190 Å². The molecule has 1 aliphatic heterocycles. The third kappa shape index (κ3) is 5.88. The number of benzene rings is 2. The molecule has 0 spiro atoms. The number of rotatable bonds is 6. The van der Waals surface area contributed by atoms with Crippen LogP contribution in [-0.2, 0) is 14.8 Å². The van der Waals surface area contributed by atoms with Gasteiger partial charge < -0.3 is 10.2 Å². The summed E-state index contributed by atoms with van der Waals surface area (Å²) in [6.45, 7) is 8.32. The normalized spacial score (nSPS) is 16.5. The molecule has 1 aliphatic rings. The number of nitrogens with zero attached hydrogens (tertiary/aromatic N) is 1. The van der Waals surface area contributed by atoms with Gasteiger partial charge >= 0.3 is 0 Å². The predicted molar refractivity (Wildman–Crippen MR) is 127 cm³/mol. The van der Waals surface area contributed by atoms with Crippen LogP contribution in [0.15, 0.2) is 36.4 Å². The van der Waals surface area contributed by atoms with Crippen LogP contribution in [0.4, 0.5) is 11.4 Å². The highest BCUT2D eigenvalue weighted by molar-refractivity contribution is 7.92. The number of piperidine rings is 1. The van der Waals surface area contributed by atoms with Crippen molar-refractivity contribution in [2.75, 3.05) is 28.9 Å². The van der Waals surface area contributed by atoms with Gasteiger partial charge in [0, 0.05) is 24.3 Å². The molecule has 1 heterocycles. The van der Waals surface area contributed by atoms with Gasteiger partial charge in [-0.05, 0) is 76.4 Å². The van der Waals surface area contributed by atoms with Crippen molar-refractivity contribution in [3.8, 4) is 0 Å². The van der Waals surface area contributed by atoms with Gasteiger partial charge in [0.1, 0.15) is 0 Å². The molecule has 1 fully saturated rings. The lowest BCUT2D eigenvalue weighted by Crippen LogP contribution is -2.43. The zero-order valence-electron chi connectivity index (χ0n) is 19.1. The Balaban J connectivity index is 1.66. The lowest BCUT2D eigenvalue weighted by molar-refractivity contribution is -0.121. The largest absolute Gasteiger partial charge is 0.338 e. The monoisotopic (exact) mass is 457 g/mol. The third-order valence-corrected chi connectivity index (χ3v) is 6.98. The van der Waals surface area contributed by atoms with Crippen LogP contribution in [-0.4, -0.2) is 44.0 Å². The first-order valence-corrected chi connectivity index (χ1v) is 12.5. The molecule has 2 N–H and O–H groups in total. The average molecular weight is 458 g/mol. The number of nitrogens with one attached hydrogen (secondary N) is 2. The van der Waals surface area contributed by atoms with E-state index in [0.29, 0.717) is 30.0 Å². The molecule has 0 bridgehead atoms. The van der Waals surface area contributed by atoms with Gasteiger partial charge in [0.05, 0.1) is 17.4 Å². The number of hydrogen-bond acceptors (Lipinski definition) is 4. The van der Waals surface area contributed by atoms with Crippen molar-refractivity contribution in [3.05, 3.63) is 58.7 Å². The van der Waals surface area contributed by atoms with Crippen molar-refractivity contribution in [3.63, 3.8) is 0 Å². The molecule has 7 nitrogen and oxygen atoms in total. The zero-order chi connectivity index (χ0) is 23.5. The maximum Gasteiger partial charge on any atom is 0.253 e.